The highest BCUT2D eigenvalue weighted by molar-refractivity contribution is 7.89. The molecule has 1 aliphatic rings. The van der Waals surface area contributed by atoms with E-state index >= 15 is 0 Å². The van der Waals surface area contributed by atoms with E-state index < -0.39 is 15.8 Å². The number of benzene rings is 2. The van der Waals surface area contributed by atoms with Gasteiger partial charge in [-0.2, -0.15) is 4.31 Å². The molecule has 3 rings (SSSR count). The third-order valence-electron chi connectivity index (χ3n) is 4.97. The van der Waals surface area contributed by atoms with E-state index in [1.165, 1.54) is 34.1 Å². The van der Waals surface area contributed by atoms with Gasteiger partial charge in [0.15, 0.2) is 0 Å². The highest BCUT2D eigenvalue weighted by atomic mass is 32.2. The second-order valence-corrected chi connectivity index (χ2v) is 9.25. The molecule has 1 fully saturated rings. The van der Waals surface area contributed by atoms with Crippen LogP contribution in [0.15, 0.2) is 48.5 Å². The van der Waals surface area contributed by atoms with Crippen LogP contribution in [0.25, 0.3) is 0 Å². The highest BCUT2D eigenvalue weighted by Crippen LogP contribution is 2.19. The van der Waals surface area contributed by atoms with E-state index in [1.54, 1.807) is 0 Å². The number of hydrogen-bond acceptors (Lipinski definition) is 4. The topological polar surface area (TPSA) is 69.7 Å². The number of sulfonamides is 1. The summed E-state index contributed by atoms with van der Waals surface area (Å²) in [6.07, 6.45) is 0.327. The summed E-state index contributed by atoms with van der Waals surface area (Å²) in [6, 6.07) is 13.4. The number of aryl methyl sites for hydroxylation is 1. The summed E-state index contributed by atoms with van der Waals surface area (Å²) in [7, 11) is -3.36. The lowest BCUT2D eigenvalue weighted by Crippen LogP contribution is -2.49. The molecule has 0 atom stereocenters. The fourth-order valence-electron chi connectivity index (χ4n) is 3.34. The normalized spacial score (nSPS) is 15.3. The minimum atomic E-state index is -3.36. The molecule has 8 heteroatoms. The lowest BCUT2D eigenvalue weighted by molar-refractivity contribution is 0.0953. The van der Waals surface area contributed by atoms with Crippen molar-refractivity contribution in [2.45, 2.75) is 13.3 Å². The number of anilines is 1. The first-order chi connectivity index (χ1) is 13.8. The van der Waals surface area contributed by atoms with Gasteiger partial charge in [-0.1, -0.05) is 12.1 Å². The third kappa shape index (κ3) is 5.77. The molecular formula is C21H26FN3O3S. The third-order valence-corrected chi connectivity index (χ3v) is 6.93. The van der Waals surface area contributed by atoms with Crippen LogP contribution in [-0.4, -0.2) is 57.1 Å². The van der Waals surface area contributed by atoms with Crippen molar-refractivity contribution in [3.05, 3.63) is 65.5 Å². The van der Waals surface area contributed by atoms with E-state index in [2.05, 4.69) is 16.3 Å². The van der Waals surface area contributed by atoms with Crippen molar-refractivity contribution in [3.8, 4) is 0 Å². The van der Waals surface area contributed by atoms with E-state index in [-0.39, 0.29) is 18.2 Å². The number of piperazine rings is 1. The van der Waals surface area contributed by atoms with Crippen LogP contribution in [-0.2, 0) is 10.0 Å². The maximum absolute atomic E-state index is 12.9. The molecule has 1 heterocycles. The first kappa shape index (κ1) is 21.3. The molecule has 1 aliphatic heterocycles. The second kappa shape index (κ2) is 9.37. The molecule has 0 bridgehead atoms. The Kier molecular flexibility index (Phi) is 6.87. The number of amides is 1. The summed E-state index contributed by atoms with van der Waals surface area (Å²) in [6.45, 7) is 4.52. The molecule has 0 unspecified atom stereocenters. The lowest BCUT2D eigenvalue weighted by Gasteiger charge is -2.35. The fourth-order valence-corrected chi connectivity index (χ4v) is 4.83. The van der Waals surface area contributed by atoms with Gasteiger partial charge < -0.3 is 10.2 Å². The van der Waals surface area contributed by atoms with Crippen LogP contribution in [0.1, 0.15) is 22.3 Å². The molecule has 156 valence electrons. The number of carbonyl (C=O) groups excluding carboxylic acids is 1. The summed E-state index contributed by atoms with van der Waals surface area (Å²) in [5, 5.41) is 2.68. The van der Waals surface area contributed by atoms with E-state index in [4.69, 9.17) is 0 Å². The number of halogens is 1. The molecule has 0 aromatic heterocycles. The molecule has 0 radical (unpaired) electrons. The lowest BCUT2D eigenvalue weighted by atomic mass is 10.2. The van der Waals surface area contributed by atoms with Crippen LogP contribution < -0.4 is 10.2 Å². The molecule has 6 nitrogen and oxygen atoms in total. The Hall–Kier alpha value is -2.45. The zero-order valence-electron chi connectivity index (χ0n) is 16.5. The van der Waals surface area contributed by atoms with E-state index in [0.29, 0.717) is 38.2 Å². The second-order valence-electron chi connectivity index (χ2n) is 7.16. The van der Waals surface area contributed by atoms with Crippen molar-refractivity contribution in [2.24, 2.45) is 0 Å². The van der Waals surface area contributed by atoms with Gasteiger partial charge in [0.1, 0.15) is 5.82 Å². The maximum Gasteiger partial charge on any atom is 0.251 e. The molecule has 2 aromatic carbocycles. The molecule has 0 saturated carbocycles. The molecule has 0 spiro atoms. The standard InChI is InChI=1S/C21H26FN3O3S/c1-17-4-2-5-20(16-17)24-11-13-25(14-12-24)29(27,28)15-3-10-23-21(26)18-6-8-19(22)9-7-18/h2,4-9,16H,3,10-15H2,1H3,(H,23,26). The molecule has 1 amide bonds. The van der Waals surface area contributed by atoms with Gasteiger partial charge in [0.05, 0.1) is 5.75 Å². The molecule has 29 heavy (non-hydrogen) atoms. The van der Waals surface area contributed by atoms with E-state index in [0.717, 1.165) is 5.69 Å². The van der Waals surface area contributed by atoms with Gasteiger partial charge in [0, 0.05) is 44.0 Å². The fraction of sp³-hybridized carbons (Fsp3) is 0.381. The van der Waals surface area contributed by atoms with Crippen molar-refractivity contribution in [1.82, 2.24) is 9.62 Å². The number of hydrogen-bond donors (Lipinski definition) is 1. The Morgan fingerprint density at radius 2 is 1.76 bits per heavy atom. The Balaban J connectivity index is 1.43. The summed E-state index contributed by atoms with van der Waals surface area (Å²) < 4.78 is 39.6. The Morgan fingerprint density at radius 3 is 2.41 bits per heavy atom. The van der Waals surface area contributed by atoms with Gasteiger partial charge in [-0.25, -0.2) is 12.8 Å². The first-order valence-electron chi connectivity index (χ1n) is 9.68. The number of carbonyl (C=O) groups is 1. The van der Waals surface area contributed by atoms with Crippen LogP contribution in [0, 0.1) is 12.7 Å². The van der Waals surface area contributed by atoms with Crippen LogP contribution >= 0.6 is 0 Å². The van der Waals surface area contributed by atoms with Crippen molar-refractivity contribution < 1.29 is 17.6 Å². The number of nitrogens with zero attached hydrogens (tertiary/aromatic N) is 2. The summed E-state index contributed by atoms with van der Waals surface area (Å²) in [4.78, 5) is 14.2. The number of rotatable bonds is 7. The maximum atomic E-state index is 12.9. The molecule has 2 aromatic rings. The smallest absolute Gasteiger partial charge is 0.251 e. The summed E-state index contributed by atoms with van der Waals surface area (Å²) in [5.41, 5.74) is 2.65. The quantitative estimate of drug-likeness (QED) is 0.700. The van der Waals surface area contributed by atoms with Crippen molar-refractivity contribution in [1.29, 1.82) is 0 Å². The highest BCUT2D eigenvalue weighted by Gasteiger charge is 2.26. The first-order valence-corrected chi connectivity index (χ1v) is 11.3. The van der Waals surface area contributed by atoms with Crippen LogP contribution in [0.4, 0.5) is 10.1 Å². The zero-order valence-corrected chi connectivity index (χ0v) is 17.3. The summed E-state index contributed by atoms with van der Waals surface area (Å²) >= 11 is 0. The van der Waals surface area contributed by atoms with Gasteiger partial charge in [0.2, 0.25) is 10.0 Å². The predicted octanol–water partition coefficient (Wildman–Crippen LogP) is 2.41. The Labute approximate surface area is 171 Å². The predicted molar refractivity (Wildman–Crippen MR) is 112 cm³/mol. The average Bonchev–Trinajstić information content (AvgIpc) is 2.72. The Morgan fingerprint density at radius 1 is 1.07 bits per heavy atom. The van der Waals surface area contributed by atoms with Crippen molar-refractivity contribution in [2.75, 3.05) is 43.4 Å². The van der Waals surface area contributed by atoms with Gasteiger partial charge in [-0.15, -0.1) is 0 Å². The van der Waals surface area contributed by atoms with Gasteiger partial charge >= 0.3 is 0 Å². The van der Waals surface area contributed by atoms with E-state index in [1.807, 2.05) is 25.1 Å². The van der Waals surface area contributed by atoms with Crippen molar-refractivity contribution >= 4 is 21.6 Å². The average molecular weight is 420 g/mol. The van der Waals surface area contributed by atoms with Crippen molar-refractivity contribution in [3.63, 3.8) is 0 Å². The molecular weight excluding hydrogens is 393 g/mol. The van der Waals surface area contributed by atoms with E-state index in [9.17, 15) is 17.6 Å². The van der Waals surface area contributed by atoms with Crippen LogP contribution in [0.5, 0.6) is 0 Å². The monoisotopic (exact) mass is 419 g/mol. The number of nitrogens with one attached hydrogen (secondary N) is 1. The summed E-state index contributed by atoms with van der Waals surface area (Å²) in [5.74, 6) is -0.759. The van der Waals surface area contributed by atoms with Crippen LogP contribution in [0.3, 0.4) is 0 Å². The Bertz CT molecular complexity index is 940. The minimum Gasteiger partial charge on any atom is -0.369 e. The van der Waals surface area contributed by atoms with Gasteiger partial charge in [-0.05, 0) is 55.3 Å². The van der Waals surface area contributed by atoms with Gasteiger partial charge in [-0.3, -0.25) is 4.79 Å². The van der Waals surface area contributed by atoms with Gasteiger partial charge in [0.25, 0.3) is 5.91 Å². The molecule has 1 saturated heterocycles. The minimum absolute atomic E-state index is 0.0128. The molecule has 0 aliphatic carbocycles. The zero-order chi connectivity index (χ0) is 20.9. The molecule has 1 N–H and O–H groups in total. The van der Waals surface area contributed by atoms with Crippen LogP contribution in [0.2, 0.25) is 0 Å². The SMILES string of the molecule is Cc1cccc(N2CCN(S(=O)(=O)CCCNC(=O)c3ccc(F)cc3)CC2)c1. The largest absolute Gasteiger partial charge is 0.369 e.